The zero-order chi connectivity index (χ0) is 15.1. The Labute approximate surface area is 129 Å². The van der Waals surface area contributed by atoms with Crippen LogP contribution >= 0.6 is 0 Å². The first kappa shape index (κ1) is 16.5. The second kappa shape index (κ2) is 8.52. The van der Waals surface area contributed by atoms with Crippen LogP contribution in [0.25, 0.3) is 0 Å². The Morgan fingerprint density at radius 1 is 1.33 bits per heavy atom. The summed E-state index contributed by atoms with van der Waals surface area (Å²) < 4.78 is 0. The Morgan fingerprint density at radius 2 is 2.10 bits per heavy atom. The highest BCUT2D eigenvalue weighted by Gasteiger charge is 2.19. The number of likely N-dealkylation sites (tertiary alicyclic amines) is 1. The van der Waals surface area contributed by atoms with Crippen LogP contribution in [-0.2, 0) is 0 Å². The lowest BCUT2D eigenvalue weighted by atomic mass is 10.0. The highest BCUT2D eigenvalue weighted by atomic mass is 16.3. The van der Waals surface area contributed by atoms with Gasteiger partial charge in [-0.3, -0.25) is 0 Å². The maximum absolute atomic E-state index is 9.78. The summed E-state index contributed by atoms with van der Waals surface area (Å²) >= 11 is 0. The molecule has 2 atom stereocenters. The molecule has 1 heterocycles. The van der Waals surface area contributed by atoms with Crippen LogP contribution in [0.5, 0.6) is 0 Å². The Kier molecular flexibility index (Phi) is 6.68. The molecule has 21 heavy (non-hydrogen) atoms. The predicted molar refractivity (Wildman–Crippen MR) is 88.5 cm³/mol. The highest BCUT2D eigenvalue weighted by molar-refractivity contribution is 5.24. The van der Waals surface area contributed by atoms with Gasteiger partial charge in [0.15, 0.2) is 0 Å². The first-order valence-electron chi connectivity index (χ1n) is 8.39. The Morgan fingerprint density at radius 3 is 2.76 bits per heavy atom. The molecule has 2 unspecified atom stereocenters. The van der Waals surface area contributed by atoms with Crippen molar-refractivity contribution in [1.82, 2.24) is 10.2 Å². The number of aliphatic hydroxyl groups excluding tert-OH is 1. The standard InChI is InChI=1S/C18H30N2O/c1-3-11-19-18(16-8-6-15(2)7-9-16)10-13-20-12-4-5-17(21)14-20/h6-9,17-19,21H,3-5,10-14H2,1-2H3. The number of nitrogens with one attached hydrogen (secondary N) is 1. The van der Waals surface area contributed by atoms with E-state index in [0.717, 1.165) is 51.9 Å². The van der Waals surface area contributed by atoms with E-state index in [-0.39, 0.29) is 6.10 Å². The third kappa shape index (κ3) is 5.42. The van der Waals surface area contributed by atoms with Crippen molar-refractivity contribution in [2.45, 2.75) is 51.7 Å². The molecular formula is C18H30N2O. The van der Waals surface area contributed by atoms with Crippen LogP contribution in [0.1, 0.15) is 49.8 Å². The number of aliphatic hydroxyl groups is 1. The lowest BCUT2D eigenvalue weighted by Gasteiger charge is -2.31. The summed E-state index contributed by atoms with van der Waals surface area (Å²) in [7, 11) is 0. The second-order valence-corrected chi connectivity index (χ2v) is 6.30. The van der Waals surface area contributed by atoms with Gasteiger partial charge in [-0.2, -0.15) is 0 Å². The van der Waals surface area contributed by atoms with Crippen molar-refractivity contribution < 1.29 is 5.11 Å². The number of nitrogens with zero attached hydrogens (tertiary/aromatic N) is 1. The Balaban J connectivity index is 1.91. The van der Waals surface area contributed by atoms with E-state index in [0.29, 0.717) is 6.04 Å². The molecule has 1 aromatic rings. The molecule has 2 N–H and O–H groups in total. The smallest absolute Gasteiger partial charge is 0.0667 e. The quantitative estimate of drug-likeness (QED) is 0.810. The van der Waals surface area contributed by atoms with Gasteiger partial charge in [-0.25, -0.2) is 0 Å². The van der Waals surface area contributed by atoms with Crippen LogP contribution < -0.4 is 5.32 Å². The maximum Gasteiger partial charge on any atom is 0.0667 e. The van der Waals surface area contributed by atoms with Crippen LogP contribution in [0, 0.1) is 6.92 Å². The number of hydrogen-bond donors (Lipinski definition) is 2. The van der Waals surface area contributed by atoms with E-state index >= 15 is 0 Å². The zero-order valence-corrected chi connectivity index (χ0v) is 13.5. The largest absolute Gasteiger partial charge is 0.392 e. The summed E-state index contributed by atoms with van der Waals surface area (Å²) in [6.07, 6.45) is 4.23. The molecule has 1 saturated heterocycles. The Bertz CT molecular complexity index is 404. The third-order valence-corrected chi connectivity index (χ3v) is 4.34. The summed E-state index contributed by atoms with van der Waals surface area (Å²) in [5, 5.41) is 13.4. The van der Waals surface area contributed by atoms with Gasteiger partial charge in [0.25, 0.3) is 0 Å². The van der Waals surface area contributed by atoms with Crippen LogP contribution in [0.3, 0.4) is 0 Å². The lowest BCUT2D eigenvalue weighted by molar-refractivity contribution is 0.0685. The third-order valence-electron chi connectivity index (χ3n) is 4.34. The number of aryl methyl sites for hydroxylation is 1. The second-order valence-electron chi connectivity index (χ2n) is 6.30. The van der Waals surface area contributed by atoms with E-state index in [1.165, 1.54) is 11.1 Å². The summed E-state index contributed by atoms with van der Waals surface area (Å²) in [6.45, 7) is 8.43. The minimum Gasteiger partial charge on any atom is -0.392 e. The molecule has 0 bridgehead atoms. The number of hydrogen-bond acceptors (Lipinski definition) is 3. The number of rotatable bonds is 7. The van der Waals surface area contributed by atoms with Gasteiger partial charge in [-0.15, -0.1) is 0 Å². The molecule has 1 aliphatic rings. The molecule has 0 aliphatic carbocycles. The van der Waals surface area contributed by atoms with Gasteiger partial charge in [0.2, 0.25) is 0 Å². The van der Waals surface area contributed by atoms with Gasteiger partial charge in [-0.1, -0.05) is 36.8 Å². The zero-order valence-electron chi connectivity index (χ0n) is 13.5. The van der Waals surface area contributed by atoms with Crippen LogP contribution in [-0.4, -0.2) is 42.3 Å². The minimum absolute atomic E-state index is 0.125. The molecule has 0 radical (unpaired) electrons. The van der Waals surface area contributed by atoms with Gasteiger partial charge in [0, 0.05) is 19.1 Å². The molecule has 1 fully saturated rings. The van der Waals surface area contributed by atoms with Crippen LogP contribution in [0.4, 0.5) is 0 Å². The molecule has 2 rings (SSSR count). The summed E-state index contributed by atoms with van der Waals surface area (Å²) in [5.41, 5.74) is 2.69. The van der Waals surface area contributed by atoms with E-state index < -0.39 is 0 Å². The van der Waals surface area contributed by atoms with Gasteiger partial charge in [0.1, 0.15) is 0 Å². The van der Waals surface area contributed by atoms with Crippen molar-refractivity contribution in [2.24, 2.45) is 0 Å². The van der Waals surface area contributed by atoms with Crippen molar-refractivity contribution in [3.05, 3.63) is 35.4 Å². The fourth-order valence-electron chi connectivity index (χ4n) is 3.05. The fourth-order valence-corrected chi connectivity index (χ4v) is 3.05. The average Bonchev–Trinajstić information content (AvgIpc) is 2.49. The lowest BCUT2D eigenvalue weighted by Crippen LogP contribution is -2.39. The average molecular weight is 290 g/mol. The molecule has 3 heteroatoms. The summed E-state index contributed by atoms with van der Waals surface area (Å²) in [5.74, 6) is 0. The van der Waals surface area contributed by atoms with Gasteiger partial charge >= 0.3 is 0 Å². The summed E-state index contributed by atoms with van der Waals surface area (Å²) in [6, 6.07) is 9.30. The van der Waals surface area contributed by atoms with Crippen LogP contribution in [0.15, 0.2) is 24.3 Å². The first-order chi connectivity index (χ1) is 10.2. The molecule has 0 spiro atoms. The van der Waals surface area contributed by atoms with Crippen LogP contribution in [0.2, 0.25) is 0 Å². The Hall–Kier alpha value is -0.900. The monoisotopic (exact) mass is 290 g/mol. The SMILES string of the molecule is CCCNC(CCN1CCCC(O)C1)c1ccc(C)cc1. The molecule has 1 aliphatic heterocycles. The highest BCUT2D eigenvalue weighted by Crippen LogP contribution is 2.19. The molecule has 1 aromatic carbocycles. The van der Waals surface area contributed by atoms with Crippen molar-refractivity contribution in [2.75, 3.05) is 26.2 Å². The van der Waals surface area contributed by atoms with E-state index in [1.54, 1.807) is 0 Å². The topological polar surface area (TPSA) is 35.5 Å². The van der Waals surface area contributed by atoms with Crippen molar-refractivity contribution in [3.8, 4) is 0 Å². The molecule has 0 aromatic heterocycles. The maximum atomic E-state index is 9.78. The fraction of sp³-hybridized carbons (Fsp3) is 0.667. The number of piperidine rings is 1. The minimum atomic E-state index is -0.125. The van der Waals surface area contributed by atoms with Gasteiger partial charge < -0.3 is 15.3 Å². The normalized spacial score (nSPS) is 21.4. The van der Waals surface area contributed by atoms with Crippen molar-refractivity contribution >= 4 is 0 Å². The summed E-state index contributed by atoms with van der Waals surface area (Å²) in [4.78, 5) is 2.41. The molecule has 0 saturated carbocycles. The van der Waals surface area contributed by atoms with E-state index in [1.807, 2.05) is 0 Å². The molecular weight excluding hydrogens is 260 g/mol. The first-order valence-corrected chi connectivity index (χ1v) is 8.39. The van der Waals surface area contributed by atoms with Gasteiger partial charge in [-0.05, 0) is 51.3 Å². The molecule has 118 valence electrons. The number of β-amino-alcohol motifs (C(OH)–C–C–N with tert-alkyl or cyclic N) is 1. The van der Waals surface area contributed by atoms with Gasteiger partial charge in [0.05, 0.1) is 6.10 Å². The van der Waals surface area contributed by atoms with Crippen molar-refractivity contribution in [1.29, 1.82) is 0 Å². The van der Waals surface area contributed by atoms with E-state index in [4.69, 9.17) is 0 Å². The van der Waals surface area contributed by atoms with Crippen molar-refractivity contribution in [3.63, 3.8) is 0 Å². The molecule has 0 amide bonds. The van der Waals surface area contributed by atoms with E-state index in [2.05, 4.69) is 48.3 Å². The van der Waals surface area contributed by atoms with E-state index in [9.17, 15) is 5.11 Å². The predicted octanol–water partition coefficient (Wildman–Crippen LogP) is 2.88. The number of benzene rings is 1. The molecule has 3 nitrogen and oxygen atoms in total.